The zero-order valence-electron chi connectivity index (χ0n) is 52.4. The monoisotopic (exact) mass is 1320 g/mol. The number of hydrogen-bond acceptors (Lipinski definition) is 27. The molecule has 0 radical (unpaired) electrons. The summed E-state index contributed by atoms with van der Waals surface area (Å²) in [7, 11) is 0. The SMILES string of the molecule is [N-]=[N+]=NCCOCCOCCOCCOCCOCCOCCOCCOCCOCCOCCOCCOCCOCCOCCOCCOCCOCCOCCOCCOCCOCCOCCOCCOCCC(=O)Oc1c(F)c(F)cc(F)c1F. The molecule has 1 aromatic carbocycles. The highest BCUT2D eigenvalue weighted by Crippen LogP contribution is 2.26. The smallest absolute Gasteiger partial charge is 0.313 e. The van der Waals surface area contributed by atoms with E-state index in [-0.39, 0.29) is 25.9 Å². The van der Waals surface area contributed by atoms with Crippen molar-refractivity contribution in [3.05, 3.63) is 39.8 Å². The Hall–Kier alpha value is -3.24. The lowest BCUT2D eigenvalue weighted by molar-refractivity contribution is -0.136. The number of carbonyl (C=O) groups is 1. The summed E-state index contributed by atoms with van der Waals surface area (Å²) < 4.78 is 189. The van der Waals surface area contributed by atoms with Gasteiger partial charge in [0.15, 0.2) is 11.6 Å². The van der Waals surface area contributed by atoms with Crippen molar-refractivity contribution < 1.29 is 141 Å². The van der Waals surface area contributed by atoms with E-state index in [2.05, 4.69) is 14.8 Å². The number of ether oxygens (including phenoxy) is 25. The van der Waals surface area contributed by atoms with Crippen molar-refractivity contribution >= 4 is 5.97 Å². The van der Waals surface area contributed by atoms with E-state index in [9.17, 15) is 22.4 Å². The van der Waals surface area contributed by atoms with Gasteiger partial charge in [0.1, 0.15) is 0 Å². The van der Waals surface area contributed by atoms with Crippen LogP contribution in [0.5, 0.6) is 5.75 Å². The van der Waals surface area contributed by atoms with E-state index in [1.165, 1.54) is 0 Å². The van der Waals surface area contributed by atoms with Crippen LogP contribution in [0.3, 0.4) is 0 Å². The molecule has 1 aromatic rings. The van der Waals surface area contributed by atoms with Gasteiger partial charge < -0.3 is 118 Å². The summed E-state index contributed by atoms with van der Waals surface area (Å²) in [6.07, 6.45) is -0.402. The molecule has 0 aliphatic carbocycles. The van der Waals surface area contributed by atoms with E-state index in [0.717, 1.165) is 0 Å². The molecule has 0 unspecified atom stereocenters. The van der Waals surface area contributed by atoms with Crippen LogP contribution in [0.25, 0.3) is 10.4 Å². The molecule has 0 saturated carbocycles. The van der Waals surface area contributed by atoms with Crippen LogP contribution in [0.4, 0.5) is 17.6 Å². The third-order valence-corrected chi connectivity index (χ3v) is 10.7. The van der Waals surface area contributed by atoms with Gasteiger partial charge in [-0.2, -0.15) is 8.78 Å². The highest BCUT2D eigenvalue weighted by atomic mass is 19.2. The molecule has 0 spiro atoms. The second kappa shape index (κ2) is 71.6. The van der Waals surface area contributed by atoms with Crippen LogP contribution in [-0.2, 0) is 118 Å². The van der Waals surface area contributed by atoms with Crippen molar-refractivity contribution in [2.45, 2.75) is 6.42 Å². The van der Waals surface area contributed by atoms with Crippen LogP contribution in [0.15, 0.2) is 11.2 Å². The lowest BCUT2D eigenvalue weighted by Crippen LogP contribution is -2.16. The van der Waals surface area contributed by atoms with E-state index in [1.807, 2.05) is 0 Å². The molecular weight excluding hydrogens is 1220 g/mol. The number of azide groups is 1. The molecule has 0 saturated heterocycles. The third-order valence-electron chi connectivity index (χ3n) is 10.7. The fourth-order valence-electron chi connectivity index (χ4n) is 6.27. The topological polar surface area (TPSA) is 297 Å². The van der Waals surface area contributed by atoms with Crippen LogP contribution in [-0.4, -0.2) is 330 Å². The summed E-state index contributed by atoms with van der Waals surface area (Å²) in [5, 5.41) is 3.38. The minimum absolute atomic E-state index is 0.0158. The Kier molecular flexibility index (Phi) is 67.4. The van der Waals surface area contributed by atoms with Gasteiger partial charge in [0.2, 0.25) is 17.4 Å². The number of halogens is 4. The predicted molar refractivity (Wildman–Crippen MR) is 310 cm³/mol. The van der Waals surface area contributed by atoms with Crippen molar-refractivity contribution in [3.8, 4) is 5.75 Å². The largest absolute Gasteiger partial charge is 0.420 e. The Labute approximate surface area is 526 Å². The number of benzene rings is 1. The average Bonchev–Trinajstić information content (AvgIpc) is 1.85. The van der Waals surface area contributed by atoms with E-state index in [1.54, 1.807) is 0 Å². The second-order valence-electron chi connectivity index (χ2n) is 17.7. The first kappa shape index (κ1) is 84.8. The third kappa shape index (κ3) is 62.2. The Morgan fingerprint density at radius 3 is 0.600 bits per heavy atom. The first-order valence-electron chi connectivity index (χ1n) is 30.4. The highest BCUT2D eigenvalue weighted by molar-refractivity contribution is 5.72. The second-order valence-corrected chi connectivity index (χ2v) is 17.7. The molecule has 29 nitrogen and oxygen atoms in total. The molecule has 0 bridgehead atoms. The first-order chi connectivity index (χ1) is 44.5. The maximum atomic E-state index is 13.6. The van der Waals surface area contributed by atoms with Crippen LogP contribution in [0.2, 0.25) is 0 Å². The maximum Gasteiger partial charge on any atom is 0.313 e. The summed E-state index contributed by atoms with van der Waals surface area (Å²) in [4.78, 5) is 14.4. The summed E-state index contributed by atoms with van der Waals surface area (Å²) in [5.74, 6) is -9.52. The zero-order valence-corrected chi connectivity index (χ0v) is 52.4. The molecule has 0 aliphatic rings. The zero-order chi connectivity index (χ0) is 64.6. The van der Waals surface area contributed by atoms with Crippen molar-refractivity contribution in [3.63, 3.8) is 0 Å². The van der Waals surface area contributed by atoms with Gasteiger partial charge >= 0.3 is 5.97 Å². The average molecular weight is 1320 g/mol. The Morgan fingerprint density at radius 2 is 0.433 bits per heavy atom. The minimum atomic E-state index is -1.80. The first-order valence-corrected chi connectivity index (χ1v) is 30.4. The van der Waals surface area contributed by atoms with Crippen molar-refractivity contribution in [2.75, 3.05) is 324 Å². The van der Waals surface area contributed by atoms with E-state index in [4.69, 9.17) is 119 Å². The van der Waals surface area contributed by atoms with E-state index >= 15 is 0 Å². The number of carbonyl (C=O) groups excluding carboxylic acids is 1. The number of esters is 1. The Bertz CT molecular complexity index is 1710. The van der Waals surface area contributed by atoms with Crippen LogP contribution in [0.1, 0.15) is 6.42 Å². The molecule has 0 aromatic heterocycles. The van der Waals surface area contributed by atoms with Crippen molar-refractivity contribution in [1.82, 2.24) is 0 Å². The molecule has 33 heteroatoms. The van der Waals surface area contributed by atoms with Gasteiger partial charge in [-0.15, -0.1) is 0 Å². The fourth-order valence-corrected chi connectivity index (χ4v) is 6.27. The van der Waals surface area contributed by atoms with Gasteiger partial charge in [0, 0.05) is 17.5 Å². The number of rotatable bonds is 76. The number of hydrogen-bond donors (Lipinski definition) is 0. The lowest BCUT2D eigenvalue weighted by Gasteiger charge is -2.09. The molecule has 1 rings (SSSR count). The molecule has 528 valence electrons. The van der Waals surface area contributed by atoms with Crippen LogP contribution < -0.4 is 4.74 Å². The molecule has 0 heterocycles. The summed E-state index contributed by atoms with van der Waals surface area (Å²) in [6.45, 7) is 20.6. The molecule has 90 heavy (non-hydrogen) atoms. The standard InChI is InChI=1S/C57H101F4N3O26/c58-52-51-53(59)56(61)57(55(52)60)90-54(65)1-3-66-5-7-68-9-11-70-13-15-72-17-19-74-21-23-76-25-27-78-29-31-80-33-35-82-37-39-84-41-43-86-45-47-88-49-50-89-48-46-87-44-42-85-40-38-83-36-34-81-32-30-79-28-26-77-24-22-75-20-18-73-16-14-71-12-10-69-8-6-67-4-2-63-64-62/h51H,1-50H2. The highest BCUT2D eigenvalue weighted by Gasteiger charge is 2.23. The Balaban J connectivity index is 1.61. The fraction of sp³-hybridized carbons (Fsp3) is 0.877. The normalized spacial score (nSPS) is 11.6. The molecular formula is C57H101F4N3O26. The van der Waals surface area contributed by atoms with Gasteiger partial charge in [-0.05, 0) is 5.53 Å². The molecule has 0 N–H and O–H groups in total. The lowest BCUT2D eigenvalue weighted by atomic mass is 10.3. The van der Waals surface area contributed by atoms with Crippen LogP contribution in [0, 0.1) is 23.3 Å². The molecule has 0 amide bonds. The van der Waals surface area contributed by atoms with Crippen molar-refractivity contribution in [1.29, 1.82) is 0 Å². The van der Waals surface area contributed by atoms with E-state index < -0.39 is 41.4 Å². The predicted octanol–water partition coefficient (Wildman–Crippen LogP) is 3.25. The quantitative estimate of drug-likeness (QED) is 0.0132. The van der Waals surface area contributed by atoms with Crippen LogP contribution >= 0.6 is 0 Å². The number of nitrogens with zero attached hydrogens (tertiary/aromatic N) is 3. The van der Waals surface area contributed by atoms with Gasteiger partial charge in [-0.3, -0.25) is 4.79 Å². The Morgan fingerprint density at radius 1 is 0.278 bits per heavy atom. The summed E-state index contributed by atoms with van der Waals surface area (Å²) in [6, 6.07) is 0.0158. The summed E-state index contributed by atoms with van der Waals surface area (Å²) in [5.41, 5.74) is 8.17. The maximum absolute atomic E-state index is 13.6. The molecule has 0 fully saturated rings. The van der Waals surface area contributed by atoms with Gasteiger partial charge in [0.05, 0.1) is 324 Å². The molecule has 0 atom stereocenters. The minimum Gasteiger partial charge on any atom is -0.420 e. The van der Waals surface area contributed by atoms with Crippen molar-refractivity contribution in [2.24, 2.45) is 5.11 Å². The van der Waals surface area contributed by atoms with E-state index in [0.29, 0.717) is 304 Å². The summed E-state index contributed by atoms with van der Waals surface area (Å²) >= 11 is 0. The van der Waals surface area contributed by atoms with Gasteiger partial charge in [0.25, 0.3) is 0 Å². The van der Waals surface area contributed by atoms with Gasteiger partial charge in [-0.25, -0.2) is 8.78 Å². The molecule has 0 aliphatic heterocycles. The van der Waals surface area contributed by atoms with Gasteiger partial charge in [-0.1, -0.05) is 5.11 Å².